The molecule has 0 spiro atoms. The third kappa shape index (κ3) is 3.17. The van der Waals surface area contributed by atoms with Gasteiger partial charge in [0.1, 0.15) is 19.7 Å². The zero-order valence-corrected chi connectivity index (χ0v) is 15.9. The summed E-state index contributed by atoms with van der Waals surface area (Å²) in [6.07, 6.45) is 4.55. The van der Waals surface area contributed by atoms with Crippen molar-refractivity contribution in [2.24, 2.45) is 0 Å². The average molecular weight is 362 g/mol. The molecular weight excluding hydrogens is 339 g/mol. The second-order valence-corrected chi connectivity index (χ2v) is 8.10. The van der Waals surface area contributed by atoms with E-state index < -0.39 is 6.10 Å². The van der Waals surface area contributed by atoms with Crippen LogP contribution in [0.25, 0.3) is 10.1 Å². The standard InChI is InChI=1S/C22H23BO2S/c1-2-3-11-25-22-16-9-6-8-15(16)17(13-18(22)23)21(24)20-12-14-7-4-5-10-19(14)26-20/h4-5,7,10,12-13,21,24H,2-3,6,8-9,11H2,1H3. The molecule has 1 heterocycles. The van der Waals surface area contributed by atoms with Gasteiger partial charge in [-0.1, -0.05) is 43.1 Å². The Morgan fingerprint density at radius 3 is 2.81 bits per heavy atom. The lowest BCUT2D eigenvalue weighted by atomic mass is 9.86. The van der Waals surface area contributed by atoms with E-state index in [-0.39, 0.29) is 0 Å². The normalized spacial score (nSPS) is 14.5. The molecule has 3 aromatic rings. The van der Waals surface area contributed by atoms with Gasteiger partial charge in [0.15, 0.2) is 0 Å². The molecular formula is C22H23BO2S. The predicted octanol–water partition coefficient (Wildman–Crippen LogP) is 4.44. The Kier molecular flexibility index (Phi) is 5.06. The number of rotatable bonds is 6. The van der Waals surface area contributed by atoms with Crippen LogP contribution in [0.15, 0.2) is 36.4 Å². The Morgan fingerprint density at radius 1 is 1.19 bits per heavy atom. The Bertz CT molecular complexity index is 898. The van der Waals surface area contributed by atoms with Crippen molar-refractivity contribution in [3.8, 4) is 5.75 Å². The molecule has 1 N–H and O–H groups in total. The lowest BCUT2D eigenvalue weighted by molar-refractivity contribution is 0.223. The largest absolute Gasteiger partial charge is 0.494 e. The quantitative estimate of drug-likeness (QED) is 0.519. The van der Waals surface area contributed by atoms with Crippen LogP contribution >= 0.6 is 11.3 Å². The Balaban J connectivity index is 1.72. The topological polar surface area (TPSA) is 29.5 Å². The SMILES string of the molecule is [B]c1cc(C(O)c2cc3ccccc3s2)c2c(c1OCCCC)CCC2. The molecule has 26 heavy (non-hydrogen) atoms. The number of aliphatic hydroxyl groups excluding tert-OH is 1. The van der Waals surface area contributed by atoms with E-state index in [4.69, 9.17) is 12.6 Å². The fourth-order valence-corrected chi connectivity index (χ4v) is 4.90. The van der Waals surface area contributed by atoms with Crippen molar-refractivity contribution in [1.82, 2.24) is 0 Å². The molecule has 0 saturated heterocycles. The highest BCUT2D eigenvalue weighted by atomic mass is 32.1. The van der Waals surface area contributed by atoms with Gasteiger partial charge in [-0.05, 0) is 59.9 Å². The number of aliphatic hydroxyl groups is 1. The van der Waals surface area contributed by atoms with E-state index in [0.717, 1.165) is 48.3 Å². The Morgan fingerprint density at radius 2 is 2.00 bits per heavy atom. The van der Waals surface area contributed by atoms with Gasteiger partial charge in [0, 0.05) is 9.58 Å². The van der Waals surface area contributed by atoms with Crippen molar-refractivity contribution in [2.45, 2.75) is 45.1 Å². The van der Waals surface area contributed by atoms with Gasteiger partial charge in [-0.15, -0.1) is 11.3 Å². The van der Waals surface area contributed by atoms with E-state index in [1.54, 1.807) is 11.3 Å². The highest BCUT2D eigenvalue weighted by Crippen LogP contribution is 2.39. The summed E-state index contributed by atoms with van der Waals surface area (Å²) in [4.78, 5) is 0.972. The first kappa shape index (κ1) is 17.6. The highest BCUT2D eigenvalue weighted by Gasteiger charge is 2.26. The third-order valence-corrected chi connectivity index (χ3v) is 6.34. The second-order valence-electron chi connectivity index (χ2n) is 6.99. The molecule has 0 amide bonds. The first-order chi connectivity index (χ1) is 12.7. The summed E-state index contributed by atoms with van der Waals surface area (Å²) >= 11 is 1.65. The molecule has 2 nitrogen and oxygen atoms in total. The number of hydrogen-bond donors (Lipinski definition) is 1. The van der Waals surface area contributed by atoms with Gasteiger partial charge in [0.25, 0.3) is 0 Å². The lowest BCUT2D eigenvalue weighted by Crippen LogP contribution is -2.16. The predicted molar refractivity (Wildman–Crippen MR) is 110 cm³/mol. The minimum atomic E-state index is -0.633. The molecule has 1 unspecified atom stereocenters. The van der Waals surface area contributed by atoms with Crippen LogP contribution in [0.2, 0.25) is 0 Å². The van der Waals surface area contributed by atoms with Gasteiger partial charge < -0.3 is 9.84 Å². The summed E-state index contributed by atoms with van der Waals surface area (Å²) in [6, 6.07) is 12.3. The zero-order chi connectivity index (χ0) is 18.1. The zero-order valence-electron chi connectivity index (χ0n) is 15.1. The number of thiophene rings is 1. The average Bonchev–Trinajstić information content (AvgIpc) is 3.29. The molecule has 0 aliphatic heterocycles. The van der Waals surface area contributed by atoms with Crippen molar-refractivity contribution in [3.63, 3.8) is 0 Å². The molecule has 0 fully saturated rings. The first-order valence-corrected chi connectivity index (χ1v) is 10.2. The summed E-state index contributed by atoms with van der Waals surface area (Å²) in [7, 11) is 6.33. The Labute approximate surface area is 160 Å². The summed E-state index contributed by atoms with van der Waals surface area (Å²) in [5, 5.41) is 12.3. The van der Waals surface area contributed by atoms with Crippen LogP contribution in [0.5, 0.6) is 5.75 Å². The van der Waals surface area contributed by atoms with E-state index in [0.29, 0.717) is 12.1 Å². The van der Waals surface area contributed by atoms with Crippen LogP contribution in [0, 0.1) is 0 Å². The maximum absolute atomic E-state index is 11.1. The maximum Gasteiger partial charge on any atom is 0.119 e. The number of ether oxygens (including phenoxy) is 1. The fraction of sp³-hybridized carbons (Fsp3) is 0.364. The van der Waals surface area contributed by atoms with E-state index >= 15 is 0 Å². The molecule has 1 aliphatic carbocycles. The minimum Gasteiger partial charge on any atom is -0.494 e. The minimum absolute atomic E-state index is 0.633. The van der Waals surface area contributed by atoms with Crippen molar-refractivity contribution in [2.75, 3.05) is 6.61 Å². The number of unbranched alkanes of at least 4 members (excludes halogenated alkanes) is 1. The van der Waals surface area contributed by atoms with Crippen LogP contribution in [-0.4, -0.2) is 19.6 Å². The molecule has 2 radical (unpaired) electrons. The monoisotopic (exact) mass is 362 g/mol. The third-order valence-electron chi connectivity index (χ3n) is 5.17. The molecule has 2 aromatic carbocycles. The second kappa shape index (κ2) is 7.46. The van der Waals surface area contributed by atoms with E-state index in [1.165, 1.54) is 21.2 Å². The van der Waals surface area contributed by atoms with Gasteiger partial charge in [-0.25, -0.2) is 0 Å². The van der Waals surface area contributed by atoms with Crippen LogP contribution in [0.4, 0.5) is 0 Å². The number of benzene rings is 2. The van der Waals surface area contributed by atoms with Crippen molar-refractivity contribution < 1.29 is 9.84 Å². The van der Waals surface area contributed by atoms with Gasteiger partial charge in [0.05, 0.1) is 6.61 Å². The molecule has 1 aromatic heterocycles. The maximum atomic E-state index is 11.1. The van der Waals surface area contributed by atoms with Gasteiger partial charge in [0.2, 0.25) is 0 Å². The van der Waals surface area contributed by atoms with Gasteiger partial charge in [-0.2, -0.15) is 0 Å². The Hall–Kier alpha value is -1.78. The van der Waals surface area contributed by atoms with Crippen molar-refractivity contribution in [3.05, 3.63) is 58.0 Å². The molecule has 4 heteroatoms. The lowest BCUT2D eigenvalue weighted by Gasteiger charge is -2.20. The van der Waals surface area contributed by atoms with E-state index in [9.17, 15) is 5.11 Å². The van der Waals surface area contributed by atoms with Crippen LogP contribution in [0.3, 0.4) is 0 Å². The molecule has 132 valence electrons. The van der Waals surface area contributed by atoms with Crippen LogP contribution in [0.1, 0.15) is 53.9 Å². The summed E-state index contributed by atoms with van der Waals surface area (Å²) in [6.45, 7) is 2.85. The highest BCUT2D eigenvalue weighted by molar-refractivity contribution is 7.19. The van der Waals surface area contributed by atoms with Crippen molar-refractivity contribution in [1.29, 1.82) is 0 Å². The fourth-order valence-electron chi connectivity index (χ4n) is 3.83. The number of hydrogen-bond acceptors (Lipinski definition) is 3. The molecule has 0 saturated carbocycles. The summed E-state index contributed by atoms with van der Waals surface area (Å²) < 4.78 is 7.20. The van der Waals surface area contributed by atoms with Crippen LogP contribution in [-0.2, 0) is 12.8 Å². The molecule has 1 atom stereocenters. The van der Waals surface area contributed by atoms with E-state index in [1.807, 2.05) is 18.2 Å². The van der Waals surface area contributed by atoms with Crippen molar-refractivity contribution >= 4 is 34.7 Å². The molecule has 4 rings (SSSR count). The van der Waals surface area contributed by atoms with Gasteiger partial charge >= 0.3 is 0 Å². The number of fused-ring (bicyclic) bond motifs is 2. The first-order valence-electron chi connectivity index (χ1n) is 9.42. The molecule has 0 bridgehead atoms. The summed E-state index contributed by atoms with van der Waals surface area (Å²) in [5.74, 6) is 0.846. The molecule has 1 aliphatic rings. The smallest absolute Gasteiger partial charge is 0.119 e. The van der Waals surface area contributed by atoms with Crippen LogP contribution < -0.4 is 10.2 Å². The summed E-state index contributed by atoms with van der Waals surface area (Å²) in [5.41, 5.74) is 4.04. The van der Waals surface area contributed by atoms with Gasteiger partial charge in [-0.3, -0.25) is 0 Å². The van der Waals surface area contributed by atoms with E-state index in [2.05, 4.69) is 25.1 Å².